The second kappa shape index (κ2) is 5.22. The van der Waals surface area contributed by atoms with Gasteiger partial charge >= 0.3 is 5.97 Å². The number of nitrogens with one attached hydrogen (secondary N) is 1. The van der Waals surface area contributed by atoms with Crippen molar-refractivity contribution in [3.05, 3.63) is 24.3 Å². The fourth-order valence-electron chi connectivity index (χ4n) is 2.20. The Balaban J connectivity index is 2.20. The smallest absolute Gasteiger partial charge is 0.308 e. The van der Waals surface area contributed by atoms with Crippen LogP contribution in [0.25, 0.3) is 0 Å². The lowest BCUT2D eigenvalue weighted by atomic mass is 10.1. The van der Waals surface area contributed by atoms with E-state index in [4.69, 9.17) is 5.11 Å². The lowest BCUT2D eigenvalue weighted by Gasteiger charge is -2.17. The Hall–Kier alpha value is -1.54. The molecule has 1 saturated carbocycles. The first-order valence-corrected chi connectivity index (χ1v) is 7.24. The van der Waals surface area contributed by atoms with E-state index in [1.54, 1.807) is 0 Å². The fourth-order valence-corrected chi connectivity index (χ4v) is 3.49. The Bertz CT molecular complexity index is 590. The van der Waals surface area contributed by atoms with E-state index >= 15 is 0 Å². The second-order valence-electron chi connectivity index (χ2n) is 4.44. The predicted molar refractivity (Wildman–Crippen MR) is 63.3 cm³/mol. The molecule has 1 aliphatic carbocycles. The highest BCUT2D eigenvalue weighted by Crippen LogP contribution is 2.27. The van der Waals surface area contributed by atoms with E-state index in [1.165, 1.54) is 0 Å². The summed E-state index contributed by atoms with van der Waals surface area (Å²) in [7, 11) is -3.95. The number of halogens is 1. The zero-order chi connectivity index (χ0) is 14.0. The van der Waals surface area contributed by atoms with Crippen molar-refractivity contribution in [2.45, 2.75) is 30.2 Å². The van der Waals surface area contributed by atoms with Gasteiger partial charge in [-0.3, -0.25) is 9.78 Å². The highest BCUT2D eigenvalue weighted by molar-refractivity contribution is 7.89. The first-order valence-electron chi connectivity index (χ1n) is 5.76. The van der Waals surface area contributed by atoms with Crippen LogP contribution in [0.5, 0.6) is 0 Å². The summed E-state index contributed by atoms with van der Waals surface area (Å²) in [6.07, 6.45) is 3.46. The first kappa shape index (κ1) is 13.9. The van der Waals surface area contributed by atoms with Crippen molar-refractivity contribution in [2.75, 3.05) is 0 Å². The molecule has 1 aromatic rings. The molecule has 1 aliphatic rings. The molecule has 0 radical (unpaired) electrons. The normalized spacial score (nSPS) is 23.4. The molecule has 1 fully saturated rings. The largest absolute Gasteiger partial charge is 0.481 e. The number of pyridine rings is 1. The third kappa shape index (κ3) is 3.07. The van der Waals surface area contributed by atoms with Gasteiger partial charge in [-0.2, -0.15) is 0 Å². The number of aliphatic carboxylic acids is 1. The summed E-state index contributed by atoms with van der Waals surface area (Å²) in [6.45, 7) is 0. The summed E-state index contributed by atoms with van der Waals surface area (Å²) < 4.78 is 39.3. The third-order valence-electron chi connectivity index (χ3n) is 3.13. The molecule has 1 heterocycles. The monoisotopic (exact) mass is 288 g/mol. The van der Waals surface area contributed by atoms with Crippen molar-refractivity contribution in [3.8, 4) is 0 Å². The van der Waals surface area contributed by atoms with E-state index in [1.807, 2.05) is 0 Å². The van der Waals surface area contributed by atoms with Crippen molar-refractivity contribution in [1.29, 1.82) is 0 Å². The summed E-state index contributed by atoms with van der Waals surface area (Å²) in [6, 6.07) is 0.186. The number of hydrogen-bond donors (Lipinski definition) is 2. The van der Waals surface area contributed by atoms with Crippen LogP contribution < -0.4 is 4.72 Å². The number of carboxylic acids is 1. The molecule has 0 spiro atoms. The minimum absolute atomic E-state index is 0.302. The Morgan fingerprint density at radius 3 is 2.79 bits per heavy atom. The maximum Gasteiger partial charge on any atom is 0.308 e. The number of carbonyl (C=O) groups is 1. The summed E-state index contributed by atoms with van der Waals surface area (Å²) >= 11 is 0. The van der Waals surface area contributed by atoms with Gasteiger partial charge in [0, 0.05) is 12.2 Å². The van der Waals surface area contributed by atoms with Crippen molar-refractivity contribution in [3.63, 3.8) is 0 Å². The van der Waals surface area contributed by atoms with E-state index < -0.39 is 33.8 Å². The number of aromatic nitrogens is 1. The lowest BCUT2D eigenvalue weighted by Crippen LogP contribution is -2.40. The molecule has 1 aromatic heterocycles. The van der Waals surface area contributed by atoms with Crippen LogP contribution in [0.4, 0.5) is 4.39 Å². The van der Waals surface area contributed by atoms with E-state index in [-0.39, 0.29) is 4.90 Å². The molecule has 6 nitrogen and oxygen atoms in total. The maximum atomic E-state index is 13.0. The Kier molecular flexibility index (Phi) is 3.81. The molecule has 2 atom stereocenters. The molecule has 0 bridgehead atoms. The highest BCUT2D eigenvalue weighted by Gasteiger charge is 2.35. The molecule has 0 amide bonds. The van der Waals surface area contributed by atoms with Crippen molar-refractivity contribution in [2.24, 2.45) is 5.92 Å². The van der Waals surface area contributed by atoms with Crippen molar-refractivity contribution in [1.82, 2.24) is 9.71 Å². The topological polar surface area (TPSA) is 96.4 Å². The van der Waals surface area contributed by atoms with Gasteiger partial charge in [-0.15, -0.1) is 0 Å². The number of nitrogens with zero attached hydrogens (tertiary/aromatic N) is 1. The van der Waals surface area contributed by atoms with E-state index in [0.29, 0.717) is 19.3 Å². The average Bonchev–Trinajstić information content (AvgIpc) is 2.76. The SMILES string of the molecule is O=C(O)C1CCCC1NS(=O)(=O)c1cncc(F)c1. The molecule has 0 aliphatic heterocycles. The van der Waals surface area contributed by atoms with Gasteiger partial charge in [-0.1, -0.05) is 6.42 Å². The van der Waals surface area contributed by atoms with E-state index in [9.17, 15) is 17.6 Å². The number of carboxylic acid groups (broad SMARTS) is 1. The number of rotatable bonds is 4. The molecule has 2 unspecified atom stereocenters. The quantitative estimate of drug-likeness (QED) is 0.852. The molecule has 0 saturated heterocycles. The van der Waals surface area contributed by atoms with Crippen LogP contribution in [-0.2, 0) is 14.8 Å². The summed E-state index contributed by atoms with van der Waals surface area (Å²) in [4.78, 5) is 14.1. The molecule has 0 aromatic carbocycles. The predicted octanol–water partition coefficient (Wildman–Crippen LogP) is 0.752. The molecule has 104 valence electrons. The highest BCUT2D eigenvalue weighted by atomic mass is 32.2. The minimum Gasteiger partial charge on any atom is -0.481 e. The van der Waals surface area contributed by atoms with E-state index in [0.717, 1.165) is 18.5 Å². The van der Waals surface area contributed by atoms with Gasteiger partial charge in [0.05, 0.1) is 12.1 Å². The third-order valence-corrected chi connectivity index (χ3v) is 4.59. The van der Waals surface area contributed by atoms with Crippen LogP contribution in [0.3, 0.4) is 0 Å². The van der Waals surface area contributed by atoms with Gasteiger partial charge < -0.3 is 5.11 Å². The number of hydrogen-bond acceptors (Lipinski definition) is 4. The first-order chi connectivity index (χ1) is 8.90. The van der Waals surface area contributed by atoms with Crippen LogP contribution in [0.2, 0.25) is 0 Å². The second-order valence-corrected chi connectivity index (χ2v) is 6.16. The fraction of sp³-hybridized carbons (Fsp3) is 0.455. The summed E-state index contributed by atoms with van der Waals surface area (Å²) in [5, 5.41) is 8.99. The number of sulfonamides is 1. The Morgan fingerprint density at radius 2 is 2.16 bits per heavy atom. The summed E-state index contributed by atoms with van der Waals surface area (Å²) in [5.41, 5.74) is 0. The van der Waals surface area contributed by atoms with Gasteiger partial charge in [-0.05, 0) is 18.9 Å². The van der Waals surface area contributed by atoms with Crippen LogP contribution in [0.15, 0.2) is 23.4 Å². The average molecular weight is 288 g/mol. The Labute approximate surface area is 109 Å². The van der Waals surface area contributed by atoms with Gasteiger partial charge in [0.25, 0.3) is 0 Å². The van der Waals surface area contributed by atoms with E-state index in [2.05, 4.69) is 9.71 Å². The minimum atomic E-state index is -3.95. The van der Waals surface area contributed by atoms with Gasteiger partial charge in [0.2, 0.25) is 10.0 Å². The molecule has 8 heteroatoms. The maximum absolute atomic E-state index is 13.0. The lowest BCUT2D eigenvalue weighted by molar-refractivity contribution is -0.141. The molecule has 19 heavy (non-hydrogen) atoms. The molecular formula is C11H13FN2O4S. The zero-order valence-corrected chi connectivity index (χ0v) is 10.7. The van der Waals surface area contributed by atoms with Crippen LogP contribution >= 0.6 is 0 Å². The van der Waals surface area contributed by atoms with Gasteiger partial charge in [0.15, 0.2) is 0 Å². The molecule has 2 N–H and O–H groups in total. The standard InChI is InChI=1S/C11H13FN2O4S/c12-7-4-8(6-13-5-7)19(17,18)14-10-3-1-2-9(10)11(15)16/h4-6,9-10,14H,1-3H2,(H,15,16). The Morgan fingerprint density at radius 1 is 1.42 bits per heavy atom. The van der Waals surface area contributed by atoms with Crippen LogP contribution in [-0.4, -0.2) is 30.5 Å². The van der Waals surface area contributed by atoms with Crippen LogP contribution in [0, 0.1) is 11.7 Å². The van der Waals surface area contributed by atoms with Gasteiger partial charge in [-0.25, -0.2) is 17.5 Å². The molecule has 2 rings (SSSR count). The summed E-state index contributed by atoms with van der Waals surface area (Å²) in [5.74, 6) is -2.53. The van der Waals surface area contributed by atoms with Crippen LogP contribution in [0.1, 0.15) is 19.3 Å². The zero-order valence-electron chi connectivity index (χ0n) is 9.91. The van der Waals surface area contributed by atoms with Gasteiger partial charge in [0.1, 0.15) is 10.7 Å². The molecular weight excluding hydrogens is 275 g/mol. The van der Waals surface area contributed by atoms with Crippen molar-refractivity contribution < 1.29 is 22.7 Å². The van der Waals surface area contributed by atoms with Crippen molar-refractivity contribution >= 4 is 16.0 Å².